The van der Waals surface area contributed by atoms with Gasteiger partial charge in [-0.25, -0.2) is 4.98 Å². The number of hydrogen-bond donors (Lipinski definition) is 1. The lowest BCUT2D eigenvalue weighted by Crippen LogP contribution is -2.08. The fourth-order valence-electron chi connectivity index (χ4n) is 2.15. The Hall–Kier alpha value is -2.04. The number of esters is 1. The molecule has 2 rings (SSSR count). The molecule has 0 radical (unpaired) electrons. The van der Waals surface area contributed by atoms with Crippen molar-refractivity contribution in [2.45, 2.75) is 33.2 Å². The topological polar surface area (TPSA) is 70.1 Å². The summed E-state index contributed by atoms with van der Waals surface area (Å²) in [5.74, 6) is 0.329. The van der Waals surface area contributed by atoms with E-state index >= 15 is 0 Å². The molecule has 5 nitrogen and oxygen atoms in total. The van der Waals surface area contributed by atoms with Gasteiger partial charge in [0, 0.05) is 13.0 Å². The van der Waals surface area contributed by atoms with Gasteiger partial charge < -0.3 is 15.0 Å². The number of rotatable bonds is 5. The van der Waals surface area contributed by atoms with E-state index in [1.54, 1.807) is 0 Å². The van der Waals surface area contributed by atoms with Crippen LogP contribution in [-0.4, -0.2) is 22.1 Å². The van der Waals surface area contributed by atoms with Crippen LogP contribution in [0.2, 0.25) is 0 Å². The number of anilines is 1. The summed E-state index contributed by atoms with van der Waals surface area (Å²) < 4.78 is 6.85. The smallest absolute Gasteiger partial charge is 0.305 e. The first-order valence-electron chi connectivity index (χ1n) is 6.50. The van der Waals surface area contributed by atoms with Crippen molar-refractivity contribution in [3.8, 4) is 0 Å². The van der Waals surface area contributed by atoms with Crippen molar-refractivity contribution in [3.63, 3.8) is 0 Å². The van der Waals surface area contributed by atoms with Gasteiger partial charge in [0.05, 0.1) is 17.6 Å². The number of nitrogen functional groups attached to an aromatic ring is 1. The molecular weight excluding hydrogens is 242 g/mol. The van der Waals surface area contributed by atoms with E-state index in [1.807, 2.05) is 36.6 Å². The van der Waals surface area contributed by atoms with Crippen LogP contribution in [0.15, 0.2) is 18.2 Å². The molecule has 0 spiro atoms. The largest absolute Gasteiger partial charge is 0.466 e. The molecule has 0 aliphatic heterocycles. The van der Waals surface area contributed by atoms with E-state index < -0.39 is 0 Å². The second kappa shape index (κ2) is 5.73. The van der Waals surface area contributed by atoms with E-state index in [4.69, 9.17) is 10.5 Å². The van der Waals surface area contributed by atoms with Crippen LogP contribution in [0.3, 0.4) is 0 Å². The van der Waals surface area contributed by atoms with E-state index in [9.17, 15) is 4.79 Å². The molecule has 1 aromatic carbocycles. The average molecular weight is 261 g/mol. The molecule has 2 aromatic rings. The molecule has 19 heavy (non-hydrogen) atoms. The summed E-state index contributed by atoms with van der Waals surface area (Å²) in [4.78, 5) is 15.7. The summed E-state index contributed by atoms with van der Waals surface area (Å²) in [6.07, 6.45) is 1.10. The Morgan fingerprint density at radius 1 is 1.47 bits per heavy atom. The second-order valence-corrected chi connectivity index (χ2v) is 4.47. The number of aromatic nitrogens is 2. The molecule has 0 fully saturated rings. The molecule has 5 heteroatoms. The molecule has 0 aliphatic rings. The highest BCUT2D eigenvalue weighted by Gasteiger charge is 2.10. The third-order valence-electron chi connectivity index (χ3n) is 3.08. The molecule has 0 bridgehead atoms. The van der Waals surface area contributed by atoms with Crippen LogP contribution < -0.4 is 5.73 Å². The molecule has 1 aromatic heterocycles. The van der Waals surface area contributed by atoms with Gasteiger partial charge in [-0.15, -0.1) is 0 Å². The van der Waals surface area contributed by atoms with E-state index in [1.165, 1.54) is 0 Å². The Morgan fingerprint density at radius 2 is 2.26 bits per heavy atom. The normalized spacial score (nSPS) is 10.8. The number of para-hydroxylation sites is 1. The van der Waals surface area contributed by atoms with E-state index in [2.05, 4.69) is 4.98 Å². The quantitative estimate of drug-likeness (QED) is 0.838. The summed E-state index contributed by atoms with van der Waals surface area (Å²) >= 11 is 0. The summed E-state index contributed by atoms with van der Waals surface area (Å²) in [7, 11) is 0. The van der Waals surface area contributed by atoms with Crippen LogP contribution in [0, 0.1) is 6.92 Å². The van der Waals surface area contributed by atoms with Gasteiger partial charge in [-0.05, 0) is 31.9 Å². The molecule has 2 N–H and O–H groups in total. The third-order valence-corrected chi connectivity index (χ3v) is 3.08. The number of ether oxygens (including phenoxy) is 1. The standard InChI is InChI=1S/C14H19N3O2/c1-3-19-12(18)8-5-9-17-11-7-4-6-10(2)13(11)16-14(17)15/h4,6-7H,3,5,8-9H2,1-2H3,(H2,15,16). The molecule has 0 amide bonds. The van der Waals surface area contributed by atoms with Crippen molar-refractivity contribution in [2.24, 2.45) is 0 Å². The van der Waals surface area contributed by atoms with Crippen LogP contribution in [0.5, 0.6) is 0 Å². The lowest BCUT2D eigenvalue weighted by molar-refractivity contribution is -0.143. The fourth-order valence-corrected chi connectivity index (χ4v) is 2.15. The Morgan fingerprint density at radius 3 is 3.00 bits per heavy atom. The Balaban J connectivity index is 2.10. The van der Waals surface area contributed by atoms with Crippen molar-refractivity contribution < 1.29 is 9.53 Å². The summed E-state index contributed by atoms with van der Waals surface area (Å²) in [6, 6.07) is 5.99. The first-order valence-corrected chi connectivity index (χ1v) is 6.50. The minimum absolute atomic E-state index is 0.165. The zero-order valence-corrected chi connectivity index (χ0v) is 11.3. The van der Waals surface area contributed by atoms with Crippen molar-refractivity contribution >= 4 is 23.0 Å². The van der Waals surface area contributed by atoms with Gasteiger partial charge in [0.15, 0.2) is 0 Å². The molecule has 0 atom stereocenters. The molecule has 0 saturated carbocycles. The van der Waals surface area contributed by atoms with Crippen molar-refractivity contribution in [1.29, 1.82) is 0 Å². The van der Waals surface area contributed by atoms with Crippen LogP contribution in [0.4, 0.5) is 5.95 Å². The highest BCUT2D eigenvalue weighted by molar-refractivity contribution is 5.81. The number of nitrogens with two attached hydrogens (primary N) is 1. The first kappa shape index (κ1) is 13.4. The van der Waals surface area contributed by atoms with Crippen LogP contribution in [-0.2, 0) is 16.1 Å². The average Bonchev–Trinajstić information content (AvgIpc) is 2.68. The SMILES string of the molecule is CCOC(=O)CCCn1c(N)nc2c(C)cccc21. The molecule has 102 valence electrons. The minimum atomic E-state index is -0.165. The Bertz CT molecular complexity index is 590. The van der Waals surface area contributed by atoms with Gasteiger partial charge in [-0.2, -0.15) is 0 Å². The second-order valence-electron chi connectivity index (χ2n) is 4.47. The summed E-state index contributed by atoms with van der Waals surface area (Å²) in [5.41, 5.74) is 8.98. The van der Waals surface area contributed by atoms with Gasteiger partial charge in [-0.1, -0.05) is 12.1 Å². The maximum Gasteiger partial charge on any atom is 0.305 e. The van der Waals surface area contributed by atoms with E-state index in [0.717, 1.165) is 16.6 Å². The number of aryl methyl sites for hydroxylation is 2. The van der Waals surface area contributed by atoms with Gasteiger partial charge in [0.2, 0.25) is 5.95 Å². The molecule has 0 saturated heterocycles. The minimum Gasteiger partial charge on any atom is -0.466 e. The van der Waals surface area contributed by atoms with Gasteiger partial charge in [0.1, 0.15) is 0 Å². The van der Waals surface area contributed by atoms with Gasteiger partial charge >= 0.3 is 5.97 Å². The summed E-state index contributed by atoms with van der Waals surface area (Å²) in [6.45, 7) is 4.92. The zero-order chi connectivity index (χ0) is 13.8. The Kier molecular flexibility index (Phi) is 4.04. The lowest BCUT2D eigenvalue weighted by atomic mass is 10.2. The summed E-state index contributed by atoms with van der Waals surface area (Å²) in [5, 5.41) is 0. The number of nitrogens with zero attached hydrogens (tertiary/aromatic N) is 2. The number of carbonyl (C=O) groups excluding carboxylic acids is 1. The molecule has 1 heterocycles. The molecule has 0 aliphatic carbocycles. The van der Waals surface area contributed by atoms with Crippen LogP contribution in [0.25, 0.3) is 11.0 Å². The maximum absolute atomic E-state index is 11.3. The Labute approximate surface area is 112 Å². The number of carbonyl (C=O) groups is 1. The van der Waals surface area contributed by atoms with Gasteiger partial charge in [-0.3, -0.25) is 4.79 Å². The highest BCUT2D eigenvalue weighted by Crippen LogP contribution is 2.21. The van der Waals surface area contributed by atoms with Gasteiger partial charge in [0.25, 0.3) is 0 Å². The highest BCUT2D eigenvalue weighted by atomic mass is 16.5. The number of benzene rings is 1. The maximum atomic E-state index is 11.3. The molecular formula is C14H19N3O2. The van der Waals surface area contributed by atoms with Crippen LogP contribution >= 0.6 is 0 Å². The number of fused-ring (bicyclic) bond motifs is 1. The predicted molar refractivity (Wildman–Crippen MR) is 74.7 cm³/mol. The first-order chi connectivity index (χ1) is 9.13. The van der Waals surface area contributed by atoms with Crippen molar-refractivity contribution in [2.75, 3.05) is 12.3 Å². The molecule has 0 unspecified atom stereocenters. The predicted octanol–water partition coefficient (Wildman–Crippen LogP) is 2.27. The van der Waals surface area contributed by atoms with E-state index in [-0.39, 0.29) is 5.97 Å². The van der Waals surface area contributed by atoms with Crippen molar-refractivity contribution in [3.05, 3.63) is 23.8 Å². The number of imidazole rings is 1. The number of hydrogen-bond acceptors (Lipinski definition) is 4. The monoisotopic (exact) mass is 261 g/mol. The van der Waals surface area contributed by atoms with Crippen molar-refractivity contribution in [1.82, 2.24) is 9.55 Å². The van der Waals surface area contributed by atoms with E-state index in [0.29, 0.717) is 31.9 Å². The fraction of sp³-hybridized carbons (Fsp3) is 0.429. The van der Waals surface area contributed by atoms with Crippen LogP contribution in [0.1, 0.15) is 25.3 Å². The third kappa shape index (κ3) is 2.86. The zero-order valence-electron chi connectivity index (χ0n) is 11.3. The lowest BCUT2D eigenvalue weighted by Gasteiger charge is -2.06.